The number of rotatable bonds is 21. The maximum absolute atomic E-state index is 12.5. The molecule has 1 aliphatic rings. The lowest BCUT2D eigenvalue weighted by molar-refractivity contribution is -0.133. The zero-order valence-corrected chi connectivity index (χ0v) is 24.2. The van der Waals surface area contributed by atoms with Crippen LogP contribution in [0.1, 0.15) is 43.4 Å². The molecule has 0 saturated heterocycles. The molecular weight excluding hydrogens is 512 g/mol. The molecule has 222 valence electrons. The molecule has 0 aliphatic carbocycles. The molecule has 0 fully saturated rings. The zero-order chi connectivity index (χ0) is 28.8. The monoisotopic (exact) mass is 558 g/mol. The molecule has 10 nitrogen and oxygen atoms in total. The first-order valence-electron chi connectivity index (χ1n) is 14.2. The summed E-state index contributed by atoms with van der Waals surface area (Å²) in [6.07, 6.45) is 6.13. The highest BCUT2D eigenvalue weighted by molar-refractivity contribution is 6.12. The molecule has 1 heterocycles. The van der Waals surface area contributed by atoms with Crippen molar-refractivity contribution >= 4 is 24.7 Å². The minimum Gasteiger partial charge on any atom is -0.379 e. The summed E-state index contributed by atoms with van der Waals surface area (Å²) in [5.74, 6) is -0.133. The lowest BCUT2D eigenvalue weighted by Crippen LogP contribution is -2.36. The standard InChI is InChI=1S/C30H46N4O6/c1-4-10-32-23-28(22-31-3)30(36)33-11-14-38-16-18-40-20-19-39-17-15-37-13-9-29(35)34-12-8-26-21-25(5-2)6-7-27(26)24-34/h6-7,21-23H,3-5,8-20,24H2,1-2H3,(H,33,36)/b28-22+,32-23-. The molecular formula is C30H46N4O6. The Hall–Kier alpha value is -2.92. The molecule has 0 bridgehead atoms. The fourth-order valence-corrected chi connectivity index (χ4v) is 4.00. The molecule has 1 N–H and O–H groups in total. The second kappa shape index (κ2) is 20.9. The average molecular weight is 559 g/mol. The van der Waals surface area contributed by atoms with Gasteiger partial charge in [-0.1, -0.05) is 32.0 Å². The van der Waals surface area contributed by atoms with E-state index in [4.69, 9.17) is 18.9 Å². The summed E-state index contributed by atoms with van der Waals surface area (Å²) in [7, 11) is 0. The Balaban J connectivity index is 1.39. The summed E-state index contributed by atoms with van der Waals surface area (Å²) in [5.41, 5.74) is 4.33. The van der Waals surface area contributed by atoms with Gasteiger partial charge in [0.2, 0.25) is 5.91 Å². The van der Waals surface area contributed by atoms with Crippen molar-refractivity contribution in [3.05, 3.63) is 46.7 Å². The van der Waals surface area contributed by atoms with Crippen LogP contribution in [0, 0.1) is 0 Å². The number of nitrogens with zero attached hydrogens (tertiary/aromatic N) is 3. The molecule has 0 atom stereocenters. The van der Waals surface area contributed by atoms with Gasteiger partial charge in [-0.15, -0.1) is 0 Å². The van der Waals surface area contributed by atoms with Gasteiger partial charge in [0.25, 0.3) is 5.91 Å². The molecule has 10 heteroatoms. The van der Waals surface area contributed by atoms with E-state index in [1.165, 1.54) is 29.1 Å². The summed E-state index contributed by atoms with van der Waals surface area (Å²) >= 11 is 0. The number of amides is 2. The van der Waals surface area contributed by atoms with Crippen LogP contribution in [0.5, 0.6) is 0 Å². The number of ether oxygens (including phenoxy) is 4. The van der Waals surface area contributed by atoms with Crippen molar-refractivity contribution in [3.63, 3.8) is 0 Å². The molecule has 1 aromatic carbocycles. The second-order valence-electron chi connectivity index (χ2n) is 9.28. The fraction of sp³-hybridized carbons (Fsp3) is 0.600. The number of hydrogen-bond donors (Lipinski definition) is 1. The highest BCUT2D eigenvalue weighted by Crippen LogP contribution is 2.21. The predicted molar refractivity (Wildman–Crippen MR) is 157 cm³/mol. The summed E-state index contributed by atoms with van der Waals surface area (Å²) in [5, 5.41) is 2.76. The van der Waals surface area contributed by atoms with Crippen LogP contribution in [0.3, 0.4) is 0 Å². The lowest BCUT2D eigenvalue weighted by atomic mass is 9.96. The van der Waals surface area contributed by atoms with Gasteiger partial charge in [0.1, 0.15) is 0 Å². The van der Waals surface area contributed by atoms with Crippen LogP contribution >= 0.6 is 0 Å². The summed E-state index contributed by atoms with van der Waals surface area (Å²) < 4.78 is 22.0. The zero-order valence-electron chi connectivity index (χ0n) is 24.2. The Morgan fingerprint density at radius 2 is 1.65 bits per heavy atom. The van der Waals surface area contributed by atoms with Crippen LogP contribution in [0.15, 0.2) is 40.0 Å². The van der Waals surface area contributed by atoms with Crippen LogP contribution in [-0.4, -0.2) is 102 Å². The minimum absolute atomic E-state index is 0.132. The van der Waals surface area contributed by atoms with Crippen LogP contribution in [0.4, 0.5) is 0 Å². The normalized spacial score (nSPS) is 13.4. The van der Waals surface area contributed by atoms with Gasteiger partial charge in [-0.25, -0.2) is 0 Å². The molecule has 40 heavy (non-hydrogen) atoms. The van der Waals surface area contributed by atoms with Gasteiger partial charge in [-0.3, -0.25) is 19.6 Å². The number of fused-ring (bicyclic) bond motifs is 1. The van der Waals surface area contributed by atoms with Crippen LogP contribution in [-0.2, 0) is 47.9 Å². The van der Waals surface area contributed by atoms with Crippen molar-refractivity contribution in [2.24, 2.45) is 9.98 Å². The van der Waals surface area contributed by atoms with Crippen LogP contribution < -0.4 is 5.32 Å². The molecule has 2 rings (SSSR count). The number of carbonyl (C=O) groups excluding carboxylic acids is 2. The Bertz CT molecular complexity index is 966. The van der Waals surface area contributed by atoms with E-state index in [2.05, 4.69) is 47.1 Å². The van der Waals surface area contributed by atoms with E-state index in [-0.39, 0.29) is 11.8 Å². The summed E-state index contributed by atoms with van der Waals surface area (Å²) in [4.78, 5) is 34.4. The van der Waals surface area contributed by atoms with E-state index in [0.29, 0.717) is 84.5 Å². The summed E-state index contributed by atoms with van der Waals surface area (Å²) in [6.45, 7) is 13.5. The number of carbonyl (C=O) groups is 2. The van der Waals surface area contributed by atoms with E-state index >= 15 is 0 Å². The van der Waals surface area contributed by atoms with Crippen molar-refractivity contribution in [2.75, 3.05) is 72.5 Å². The van der Waals surface area contributed by atoms with Gasteiger partial charge in [0, 0.05) is 38.6 Å². The van der Waals surface area contributed by atoms with Crippen LogP contribution in [0.25, 0.3) is 0 Å². The molecule has 1 aliphatic heterocycles. The Morgan fingerprint density at radius 1 is 0.975 bits per heavy atom. The Kier molecular flexibility index (Phi) is 17.4. The van der Waals surface area contributed by atoms with Crippen LogP contribution in [0.2, 0.25) is 0 Å². The molecule has 0 aromatic heterocycles. The van der Waals surface area contributed by atoms with Gasteiger partial charge in [-0.05, 0) is 42.7 Å². The van der Waals surface area contributed by atoms with Crippen molar-refractivity contribution in [1.82, 2.24) is 10.2 Å². The van der Waals surface area contributed by atoms with E-state index in [1.807, 2.05) is 11.8 Å². The predicted octanol–water partition coefficient (Wildman–Crippen LogP) is 2.77. The van der Waals surface area contributed by atoms with Crippen molar-refractivity contribution in [1.29, 1.82) is 0 Å². The van der Waals surface area contributed by atoms with Gasteiger partial charge >= 0.3 is 0 Å². The first-order valence-corrected chi connectivity index (χ1v) is 14.2. The lowest BCUT2D eigenvalue weighted by Gasteiger charge is -2.29. The Morgan fingerprint density at radius 3 is 2.30 bits per heavy atom. The SMILES string of the molecule is C=N/C=C(\C=N/CCC)C(=O)NCCOCCOCCOCCOCCC(=O)N1CCc2cc(CC)ccc2C1. The first-order chi connectivity index (χ1) is 19.6. The molecule has 2 amide bonds. The van der Waals surface area contributed by atoms with Gasteiger partial charge in [-0.2, -0.15) is 0 Å². The minimum atomic E-state index is -0.265. The third kappa shape index (κ3) is 13.4. The van der Waals surface area contributed by atoms with Gasteiger partial charge in [0.05, 0.1) is 64.8 Å². The molecule has 1 aromatic rings. The number of hydrogen-bond acceptors (Lipinski definition) is 8. The topological polar surface area (TPSA) is 111 Å². The smallest absolute Gasteiger partial charge is 0.254 e. The average Bonchev–Trinajstić information content (AvgIpc) is 2.97. The van der Waals surface area contributed by atoms with E-state index < -0.39 is 0 Å². The number of benzene rings is 1. The number of aryl methyl sites for hydroxylation is 1. The van der Waals surface area contributed by atoms with E-state index in [1.54, 1.807) is 0 Å². The first kappa shape index (κ1) is 33.3. The quantitative estimate of drug-likeness (QED) is 0.141. The van der Waals surface area contributed by atoms with Gasteiger partial charge < -0.3 is 29.2 Å². The molecule has 0 saturated carbocycles. The number of nitrogens with one attached hydrogen (secondary N) is 1. The molecule has 0 unspecified atom stereocenters. The Labute approximate surface area is 238 Å². The maximum Gasteiger partial charge on any atom is 0.254 e. The van der Waals surface area contributed by atoms with Crippen molar-refractivity contribution < 1.29 is 28.5 Å². The third-order valence-corrected chi connectivity index (χ3v) is 6.23. The van der Waals surface area contributed by atoms with Gasteiger partial charge in [0.15, 0.2) is 0 Å². The maximum atomic E-state index is 12.5. The highest BCUT2D eigenvalue weighted by Gasteiger charge is 2.20. The molecule has 0 spiro atoms. The number of aliphatic imine (C=N–C) groups is 2. The van der Waals surface area contributed by atoms with Crippen molar-refractivity contribution in [2.45, 2.75) is 46.1 Å². The van der Waals surface area contributed by atoms with E-state index in [0.717, 1.165) is 25.8 Å². The third-order valence-electron chi connectivity index (χ3n) is 6.23. The second-order valence-corrected chi connectivity index (χ2v) is 9.28. The van der Waals surface area contributed by atoms with Crippen molar-refractivity contribution in [3.8, 4) is 0 Å². The summed E-state index contributed by atoms with van der Waals surface area (Å²) in [6, 6.07) is 6.58. The largest absolute Gasteiger partial charge is 0.379 e. The molecule has 0 radical (unpaired) electrons. The highest BCUT2D eigenvalue weighted by atomic mass is 16.6. The van der Waals surface area contributed by atoms with E-state index in [9.17, 15) is 9.59 Å². The fourth-order valence-electron chi connectivity index (χ4n) is 4.00.